The van der Waals surface area contributed by atoms with Crippen LogP contribution in [0.5, 0.6) is 0 Å². The summed E-state index contributed by atoms with van der Waals surface area (Å²) in [5.41, 5.74) is 15.9. The maximum absolute atomic E-state index is 6.46. The van der Waals surface area contributed by atoms with Crippen molar-refractivity contribution < 1.29 is 8.83 Å². The second-order valence-corrected chi connectivity index (χ2v) is 14.4. The number of furan rings is 2. The number of anilines is 3. The van der Waals surface area contributed by atoms with E-state index in [0.717, 1.165) is 83.2 Å². The highest BCUT2D eigenvalue weighted by Crippen LogP contribution is 2.48. The molecule has 9 aromatic carbocycles. The Bertz CT molecular complexity index is 3240. The van der Waals surface area contributed by atoms with E-state index in [-0.39, 0.29) is 0 Å². The van der Waals surface area contributed by atoms with Crippen molar-refractivity contribution in [2.45, 2.75) is 0 Å². The molecule has 0 aliphatic heterocycles. The van der Waals surface area contributed by atoms with Crippen molar-refractivity contribution in [1.82, 2.24) is 0 Å². The van der Waals surface area contributed by atoms with Gasteiger partial charge in [0.15, 0.2) is 0 Å². The van der Waals surface area contributed by atoms with Crippen LogP contribution in [-0.2, 0) is 0 Å². The first-order valence-electron chi connectivity index (χ1n) is 19.3. The molecular formula is C54H35NO2. The van der Waals surface area contributed by atoms with Crippen LogP contribution in [0.4, 0.5) is 17.1 Å². The topological polar surface area (TPSA) is 29.5 Å². The molecule has 0 saturated carbocycles. The highest BCUT2D eigenvalue weighted by molar-refractivity contribution is 6.14. The summed E-state index contributed by atoms with van der Waals surface area (Å²) >= 11 is 0. The van der Waals surface area contributed by atoms with Crippen LogP contribution in [0.1, 0.15) is 0 Å². The summed E-state index contributed by atoms with van der Waals surface area (Å²) in [6, 6.07) is 75.2. The first-order chi connectivity index (χ1) is 28.3. The van der Waals surface area contributed by atoms with E-state index in [4.69, 9.17) is 8.83 Å². The molecule has 0 amide bonds. The van der Waals surface area contributed by atoms with Crippen molar-refractivity contribution in [3.05, 3.63) is 212 Å². The van der Waals surface area contributed by atoms with Crippen LogP contribution in [0, 0.1) is 0 Å². The fourth-order valence-electron chi connectivity index (χ4n) is 8.50. The lowest BCUT2D eigenvalue weighted by Gasteiger charge is -2.29. The molecule has 268 valence electrons. The predicted molar refractivity (Wildman–Crippen MR) is 237 cm³/mol. The van der Waals surface area contributed by atoms with Crippen LogP contribution in [0.25, 0.3) is 88.4 Å². The fraction of sp³-hybridized carbons (Fsp3) is 0. The largest absolute Gasteiger partial charge is 0.456 e. The Morgan fingerprint density at radius 1 is 0.281 bits per heavy atom. The molecule has 0 fully saturated rings. The van der Waals surface area contributed by atoms with Gasteiger partial charge < -0.3 is 13.7 Å². The van der Waals surface area contributed by atoms with Crippen LogP contribution in [0.15, 0.2) is 221 Å². The Hall–Kier alpha value is -7.62. The van der Waals surface area contributed by atoms with Gasteiger partial charge in [0.05, 0.1) is 16.8 Å². The standard InChI is InChI=1S/C54H35NO2/c1-2-15-37(16-3-1)40-17-4-5-18-41(40)42-19-6-7-20-43(42)44-21-8-11-24-48(44)55(49-25-14-28-52-54(49)47-23-10-13-27-51(47)56-52)39-32-29-36(30-33-39)38-31-34-46-45-22-9-12-26-50(45)57-53(46)35-38/h1-35H. The molecular weight excluding hydrogens is 695 g/mol. The van der Waals surface area contributed by atoms with Gasteiger partial charge in [0.25, 0.3) is 0 Å². The van der Waals surface area contributed by atoms with Crippen LogP contribution >= 0.6 is 0 Å². The normalized spacial score (nSPS) is 11.5. The third-order valence-electron chi connectivity index (χ3n) is 11.1. The monoisotopic (exact) mass is 729 g/mol. The fourth-order valence-corrected chi connectivity index (χ4v) is 8.50. The maximum atomic E-state index is 6.46. The molecule has 0 radical (unpaired) electrons. The Morgan fingerprint density at radius 2 is 0.789 bits per heavy atom. The van der Waals surface area contributed by atoms with Gasteiger partial charge in [0, 0.05) is 27.4 Å². The molecule has 0 atom stereocenters. The van der Waals surface area contributed by atoms with Crippen molar-refractivity contribution >= 4 is 60.9 Å². The van der Waals surface area contributed by atoms with Gasteiger partial charge in [0.2, 0.25) is 0 Å². The molecule has 11 aromatic rings. The van der Waals surface area contributed by atoms with E-state index >= 15 is 0 Å². The van der Waals surface area contributed by atoms with E-state index in [1.54, 1.807) is 0 Å². The Morgan fingerprint density at radius 3 is 1.56 bits per heavy atom. The molecule has 11 rings (SSSR count). The van der Waals surface area contributed by atoms with E-state index in [1.807, 2.05) is 24.3 Å². The molecule has 2 heterocycles. The molecule has 3 nitrogen and oxygen atoms in total. The second kappa shape index (κ2) is 13.6. The van der Waals surface area contributed by atoms with Gasteiger partial charge in [-0.3, -0.25) is 0 Å². The molecule has 0 saturated heterocycles. The quantitative estimate of drug-likeness (QED) is 0.164. The van der Waals surface area contributed by atoms with Gasteiger partial charge in [-0.05, 0) is 93.5 Å². The molecule has 0 unspecified atom stereocenters. The first kappa shape index (κ1) is 32.8. The molecule has 2 aromatic heterocycles. The summed E-state index contributed by atoms with van der Waals surface area (Å²) < 4.78 is 12.7. The molecule has 0 aliphatic carbocycles. The second-order valence-electron chi connectivity index (χ2n) is 14.4. The summed E-state index contributed by atoms with van der Waals surface area (Å²) in [7, 11) is 0. The van der Waals surface area contributed by atoms with Gasteiger partial charge in [-0.1, -0.05) is 158 Å². The van der Waals surface area contributed by atoms with Crippen LogP contribution in [0.2, 0.25) is 0 Å². The van der Waals surface area contributed by atoms with Gasteiger partial charge in [-0.25, -0.2) is 0 Å². The van der Waals surface area contributed by atoms with Crippen molar-refractivity contribution in [3.8, 4) is 44.5 Å². The highest BCUT2D eigenvalue weighted by atomic mass is 16.3. The van der Waals surface area contributed by atoms with E-state index in [2.05, 4.69) is 193 Å². The summed E-state index contributed by atoms with van der Waals surface area (Å²) in [5, 5.41) is 4.42. The Labute approximate surface area is 330 Å². The van der Waals surface area contributed by atoms with E-state index in [1.165, 1.54) is 22.3 Å². The predicted octanol–water partition coefficient (Wildman–Crippen LogP) is 15.6. The highest BCUT2D eigenvalue weighted by Gasteiger charge is 2.23. The molecule has 0 aliphatic rings. The maximum Gasteiger partial charge on any atom is 0.137 e. The van der Waals surface area contributed by atoms with Gasteiger partial charge in [0.1, 0.15) is 22.3 Å². The zero-order valence-electron chi connectivity index (χ0n) is 31.0. The van der Waals surface area contributed by atoms with Gasteiger partial charge in [-0.15, -0.1) is 0 Å². The zero-order chi connectivity index (χ0) is 37.7. The summed E-state index contributed by atoms with van der Waals surface area (Å²) in [4.78, 5) is 2.39. The van der Waals surface area contributed by atoms with Crippen LogP contribution in [-0.4, -0.2) is 0 Å². The molecule has 3 heteroatoms. The average molecular weight is 730 g/mol. The minimum absolute atomic E-state index is 0.851. The van der Waals surface area contributed by atoms with Crippen molar-refractivity contribution in [3.63, 3.8) is 0 Å². The Balaban J connectivity index is 1.10. The Kier molecular flexibility index (Phi) is 7.82. The number of para-hydroxylation sites is 3. The van der Waals surface area contributed by atoms with E-state index in [9.17, 15) is 0 Å². The number of nitrogens with zero attached hydrogens (tertiary/aromatic N) is 1. The number of hydrogen-bond donors (Lipinski definition) is 0. The number of hydrogen-bond acceptors (Lipinski definition) is 3. The third-order valence-corrected chi connectivity index (χ3v) is 11.1. The number of benzene rings is 9. The van der Waals surface area contributed by atoms with Crippen molar-refractivity contribution in [2.24, 2.45) is 0 Å². The average Bonchev–Trinajstić information content (AvgIpc) is 3.86. The minimum Gasteiger partial charge on any atom is -0.456 e. The first-order valence-corrected chi connectivity index (χ1v) is 19.3. The lowest BCUT2D eigenvalue weighted by molar-refractivity contribution is 0.668. The molecule has 0 bridgehead atoms. The third kappa shape index (κ3) is 5.60. The van der Waals surface area contributed by atoms with Crippen molar-refractivity contribution in [1.29, 1.82) is 0 Å². The lowest BCUT2D eigenvalue weighted by atomic mass is 9.88. The smallest absolute Gasteiger partial charge is 0.137 e. The van der Waals surface area contributed by atoms with E-state index < -0.39 is 0 Å². The van der Waals surface area contributed by atoms with Crippen LogP contribution in [0.3, 0.4) is 0 Å². The van der Waals surface area contributed by atoms with Crippen molar-refractivity contribution in [2.75, 3.05) is 4.90 Å². The molecule has 57 heavy (non-hydrogen) atoms. The number of fused-ring (bicyclic) bond motifs is 6. The number of rotatable bonds is 7. The SMILES string of the molecule is c1ccc(-c2ccccc2-c2ccccc2-c2ccccc2N(c2ccc(-c3ccc4c(c3)oc3ccccc34)cc2)c2cccc3oc4ccccc4c23)cc1. The van der Waals surface area contributed by atoms with Gasteiger partial charge >= 0.3 is 0 Å². The summed E-state index contributed by atoms with van der Waals surface area (Å²) in [6.45, 7) is 0. The lowest BCUT2D eigenvalue weighted by Crippen LogP contribution is -2.11. The molecule has 0 N–H and O–H groups in total. The zero-order valence-corrected chi connectivity index (χ0v) is 31.0. The van der Waals surface area contributed by atoms with Crippen LogP contribution < -0.4 is 4.90 Å². The van der Waals surface area contributed by atoms with E-state index in [0.29, 0.717) is 0 Å². The summed E-state index contributed by atoms with van der Waals surface area (Å²) in [6.07, 6.45) is 0. The molecule has 0 spiro atoms. The minimum atomic E-state index is 0.851. The summed E-state index contributed by atoms with van der Waals surface area (Å²) in [5.74, 6) is 0. The van der Waals surface area contributed by atoms with Gasteiger partial charge in [-0.2, -0.15) is 0 Å².